The number of nitrogens with zero attached hydrogens (tertiary/aromatic N) is 2. The Balaban J connectivity index is 1.58. The van der Waals surface area contributed by atoms with Crippen LogP contribution in [0.25, 0.3) is 0 Å². The molecule has 1 heterocycles. The lowest BCUT2D eigenvalue weighted by Crippen LogP contribution is -2.48. The molecule has 0 saturated heterocycles. The van der Waals surface area contributed by atoms with Crippen LogP contribution in [-0.2, 0) is 12.0 Å². The zero-order valence-corrected chi connectivity index (χ0v) is 12.0. The Hall–Kier alpha value is -0.870. The molecule has 110 valence electrons. The van der Waals surface area contributed by atoms with Gasteiger partial charge >= 0.3 is 0 Å². The highest BCUT2D eigenvalue weighted by Gasteiger charge is 2.51. The topological polar surface area (TPSA) is 64.1 Å². The average molecular weight is 275 g/mol. The van der Waals surface area contributed by atoms with Crippen LogP contribution in [0.1, 0.15) is 44.1 Å². The van der Waals surface area contributed by atoms with E-state index in [1.807, 2.05) is 4.68 Å². The van der Waals surface area contributed by atoms with E-state index in [0.717, 1.165) is 17.8 Å². The summed E-state index contributed by atoms with van der Waals surface area (Å²) in [6.07, 6.45) is 12.2. The molecule has 4 saturated carbocycles. The first-order chi connectivity index (χ1) is 9.67. The molecule has 0 radical (unpaired) electrons. The van der Waals surface area contributed by atoms with E-state index in [2.05, 4.69) is 17.5 Å². The monoisotopic (exact) mass is 275 g/mol. The summed E-state index contributed by atoms with van der Waals surface area (Å²) >= 11 is 0. The van der Waals surface area contributed by atoms with E-state index in [0.29, 0.717) is 18.5 Å². The molecular formula is C16H25N3O. The fourth-order valence-corrected chi connectivity index (χ4v) is 5.49. The van der Waals surface area contributed by atoms with Crippen molar-refractivity contribution in [1.29, 1.82) is 0 Å². The maximum Gasteiger partial charge on any atom is 0.0857 e. The lowest BCUT2D eigenvalue weighted by atomic mass is 9.48. The molecule has 4 fully saturated rings. The third-order valence-corrected chi connectivity index (χ3v) is 5.95. The Morgan fingerprint density at radius 1 is 1.25 bits per heavy atom. The van der Waals surface area contributed by atoms with Gasteiger partial charge in [0.05, 0.1) is 18.8 Å². The minimum absolute atomic E-state index is 0.298. The number of aliphatic hydroxyl groups excluding tert-OH is 1. The molecule has 4 aliphatic carbocycles. The SMILES string of the molecule is NCC(O)Cn1cc(C23CC4CC(CC(C4)C2)C3)cn1. The van der Waals surface area contributed by atoms with E-state index in [9.17, 15) is 5.11 Å². The van der Waals surface area contributed by atoms with Gasteiger partial charge in [-0.3, -0.25) is 4.68 Å². The second-order valence-electron chi connectivity index (χ2n) is 7.54. The number of nitrogens with two attached hydrogens (primary N) is 1. The molecule has 0 aliphatic heterocycles. The van der Waals surface area contributed by atoms with Crippen molar-refractivity contribution < 1.29 is 5.11 Å². The molecule has 4 aliphatic rings. The Morgan fingerprint density at radius 2 is 1.85 bits per heavy atom. The lowest BCUT2D eigenvalue weighted by Gasteiger charge is -2.56. The molecule has 0 amide bonds. The van der Waals surface area contributed by atoms with Crippen LogP contribution in [0.15, 0.2) is 12.4 Å². The highest BCUT2D eigenvalue weighted by Crippen LogP contribution is 2.60. The lowest BCUT2D eigenvalue weighted by molar-refractivity contribution is -0.00525. The van der Waals surface area contributed by atoms with Crippen LogP contribution in [0.2, 0.25) is 0 Å². The Kier molecular flexibility index (Phi) is 2.93. The van der Waals surface area contributed by atoms with Crippen LogP contribution in [0.4, 0.5) is 0 Å². The molecule has 1 aromatic rings. The van der Waals surface area contributed by atoms with Crippen LogP contribution >= 0.6 is 0 Å². The Morgan fingerprint density at radius 3 is 2.40 bits per heavy atom. The number of rotatable bonds is 4. The van der Waals surface area contributed by atoms with Crippen molar-refractivity contribution in [3.05, 3.63) is 18.0 Å². The number of hydrogen-bond acceptors (Lipinski definition) is 3. The third kappa shape index (κ3) is 2.01. The van der Waals surface area contributed by atoms with Gasteiger partial charge in [0.15, 0.2) is 0 Å². The Bertz CT molecular complexity index is 460. The first kappa shape index (κ1) is 12.8. The molecule has 0 aromatic carbocycles. The second kappa shape index (κ2) is 4.57. The van der Waals surface area contributed by atoms with Crippen molar-refractivity contribution in [2.45, 2.75) is 56.6 Å². The minimum Gasteiger partial charge on any atom is -0.390 e. The first-order valence-electron chi connectivity index (χ1n) is 8.08. The molecule has 3 N–H and O–H groups in total. The van der Waals surface area contributed by atoms with Crippen molar-refractivity contribution in [3.8, 4) is 0 Å². The van der Waals surface area contributed by atoms with Gasteiger partial charge < -0.3 is 10.8 Å². The van der Waals surface area contributed by atoms with E-state index in [4.69, 9.17) is 5.73 Å². The third-order valence-electron chi connectivity index (χ3n) is 5.95. The summed E-state index contributed by atoms with van der Waals surface area (Å²) in [5.74, 6) is 2.87. The van der Waals surface area contributed by atoms with E-state index >= 15 is 0 Å². The van der Waals surface area contributed by atoms with Crippen molar-refractivity contribution >= 4 is 0 Å². The van der Waals surface area contributed by atoms with Gasteiger partial charge in [-0.25, -0.2) is 0 Å². The van der Waals surface area contributed by atoms with E-state index < -0.39 is 6.10 Å². The molecule has 4 nitrogen and oxygen atoms in total. The number of aliphatic hydroxyl groups is 1. The number of aromatic nitrogens is 2. The van der Waals surface area contributed by atoms with Gasteiger partial charge in [-0.2, -0.15) is 5.10 Å². The maximum absolute atomic E-state index is 9.67. The molecule has 4 bridgehead atoms. The summed E-state index contributed by atoms with van der Waals surface area (Å²) in [7, 11) is 0. The fraction of sp³-hybridized carbons (Fsp3) is 0.812. The standard InChI is InChI=1S/C16H25N3O/c17-7-15(20)10-19-9-14(8-18-19)16-4-11-1-12(5-16)3-13(2-11)6-16/h8-9,11-13,15,20H,1-7,10,17H2. The highest BCUT2D eigenvalue weighted by molar-refractivity contribution is 5.25. The van der Waals surface area contributed by atoms with Gasteiger partial charge in [0.2, 0.25) is 0 Å². The van der Waals surface area contributed by atoms with Crippen LogP contribution in [0, 0.1) is 17.8 Å². The van der Waals surface area contributed by atoms with Gasteiger partial charge in [-0.05, 0) is 67.3 Å². The molecule has 0 spiro atoms. The smallest absolute Gasteiger partial charge is 0.0857 e. The normalized spacial score (nSPS) is 40.2. The van der Waals surface area contributed by atoms with Crippen LogP contribution < -0.4 is 5.73 Å². The van der Waals surface area contributed by atoms with Crippen molar-refractivity contribution in [2.75, 3.05) is 6.54 Å². The van der Waals surface area contributed by atoms with Crippen LogP contribution in [0.3, 0.4) is 0 Å². The van der Waals surface area contributed by atoms with Crippen molar-refractivity contribution in [1.82, 2.24) is 9.78 Å². The van der Waals surface area contributed by atoms with Crippen LogP contribution in [0.5, 0.6) is 0 Å². The van der Waals surface area contributed by atoms with Gasteiger partial charge in [0, 0.05) is 12.7 Å². The molecule has 1 unspecified atom stereocenters. The molecule has 1 aromatic heterocycles. The quantitative estimate of drug-likeness (QED) is 0.878. The average Bonchev–Trinajstić information content (AvgIpc) is 2.86. The van der Waals surface area contributed by atoms with Crippen molar-refractivity contribution in [2.24, 2.45) is 23.5 Å². The highest BCUT2D eigenvalue weighted by atomic mass is 16.3. The fourth-order valence-electron chi connectivity index (χ4n) is 5.49. The summed E-state index contributed by atoms with van der Waals surface area (Å²) in [5.41, 5.74) is 7.30. The van der Waals surface area contributed by atoms with Crippen molar-refractivity contribution in [3.63, 3.8) is 0 Å². The van der Waals surface area contributed by atoms with Gasteiger partial charge in [-0.1, -0.05) is 0 Å². The van der Waals surface area contributed by atoms with Gasteiger partial charge in [0.1, 0.15) is 0 Å². The predicted molar refractivity (Wildman–Crippen MR) is 77.1 cm³/mol. The second-order valence-corrected chi connectivity index (χ2v) is 7.54. The summed E-state index contributed by atoms with van der Waals surface area (Å²) in [6, 6.07) is 0. The summed E-state index contributed by atoms with van der Waals surface area (Å²) < 4.78 is 1.88. The van der Waals surface area contributed by atoms with Gasteiger partial charge in [0.25, 0.3) is 0 Å². The van der Waals surface area contributed by atoms with E-state index in [1.165, 1.54) is 44.1 Å². The predicted octanol–water partition coefficient (Wildman–Crippen LogP) is 1.67. The molecule has 4 heteroatoms. The zero-order chi connectivity index (χ0) is 13.7. The maximum atomic E-state index is 9.67. The number of hydrogen-bond donors (Lipinski definition) is 2. The molecular weight excluding hydrogens is 250 g/mol. The van der Waals surface area contributed by atoms with Crippen LogP contribution in [-0.4, -0.2) is 27.5 Å². The largest absolute Gasteiger partial charge is 0.390 e. The minimum atomic E-state index is -0.487. The zero-order valence-electron chi connectivity index (χ0n) is 12.0. The van der Waals surface area contributed by atoms with E-state index in [-0.39, 0.29) is 0 Å². The molecule has 20 heavy (non-hydrogen) atoms. The summed E-state index contributed by atoms with van der Waals surface area (Å²) in [4.78, 5) is 0. The summed E-state index contributed by atoms with van der Waals surface area (Å²) in [5, 5.41) is 14.1. The van der Waals surface area contributed by atoms with E-state index in [1.54, 1.807) is 0 Å². The summed E-state index contributed by atoms with van der Waals surface area (Å²) in [6.45, 7) is 0.815. The molecule has 1 atom stereocenters. The first-order valence-corrected chi connectivity index (χ1v) is 8.08. The molecule has 5 rings (SSSR count). The Labute approximate surface area is 120 Å². The van der Waals surface area contributed by atoms with Gasteiger partial charge in [-0.15, -0.1) is 0 Å².